The number of fused-ring (bicyclic) bond motifs is 4. The topological polar surface area (TPSA) is 134 Å². The molecule has 1 aliphatic heterocycles. The van der Waals surface area contributed by atoms with Crippen LogP contribution in [0.3, 0.4) is 0 Å². The molecule has 0 saturated heterocycles. The number of nitrogens with zero attached hydrogens (tertiary/aromatic N) is 2. The van der Waals surface area contributed by atoms with Crippen molar-refractivity contribution in [2.45, 2.75) is 52.0 Å². The van der Waals surface area contributed by atoms with E-state index in [1.165, 1.54) is 11.8 Å². The van der Waals surface area contributed by atoms with Crippen LogP contribution in [0.2, 0.25) is 5.02 Å². The molecule has 246 valence electrons. The Hall–Kier alpha value is -2.23. The van der Waals surface area contributed by atoms with Crippen molar-refractivity contribution >= 4 is 87.7 Å². The molecule has 2 heterocycles. The fourth-order valence-electron chi connectivity index (χ4n) is 4.77. The van der Waals surface area contributed by atoms with Crippen molar-refractivity contribution in [3.8, 4) is 0 Å². The molecule has 1 aromatic heterocycles. The number of thioether (sulfide) groups is 1. The first kappa shape index (κ1) is 37.2. The Morgan fingerprint density at radius 1 is 0.933 bits per heavy atom. The van der Waals surface area contributed by atoms with Crippen LogP contribution in [0.15, 0.2) is 64.5 Å². The van der Waals surface area contributed by atoms with Crippen molar-refractivity contribution < 1.29 is 30.5 Å². The number of hydrogen-bond donors (Lipinski definition) is 1. The predicted molar refractivity (Wildman–Crippen MR) is 186 cm³/mol. The van der Waals surface area contributed by atoms with E-state index in [-0.39, 0.29) is 12.8 Å². The summed E-state index contributed by atoms with van der Waals surface area (Å²) < 4.78 is 70.6. The number of anilines is 1. The number of aryl methyl sites for hydroxylation is 1. The zero-order valence-electron chi connectivity index (χ0n) is 25.8. The fourth-order valence-corrected chi connectivity index (χ4v) is 8.22. The van der Waals surface area contributed by atoms with Crippen LogP contribution in [-0.4, -0.2) is 57.1 Å². The van der Waals surface area contributed by atoms with Crippen molar-refractivity contribution in [1.82, 2.24) is 5.32 Å². The molecule has 0 spiro atoms. The first-order valence-electron chi connectivity index (χ1n) is 14.8. The number of nitrogens with one attached hydrogen (secondary N) is 1. The molecule has 1 N–H and O–H groups in total. The van der Waals surface area contributed by atoms with Crippen LogP contribution in [0, 0.1) is 0 Å². The van der Waals surface area contributed by atoms with Crippen molar-refractivity contribution in [1.29, 1.82) is 0 Å². The molecule has 0 saturated carbocycles. The zero-order valence-corrected chi connectivity index (χ0v) is 29.8. The Labute approximate surface area is 279 Å². The standard InChI is InChI=1S/C25H23ClN2O6S4.C4H11N.C2H6/c26-18-8-10-21-20(15-18)27(11-3-13-37(29,30)31)23(35-21)16-24-28(12-4-14-38(32,33)34)25-19-6-2-1-5-17(19)7-9-22(25)36-24;1-3-5-4-2;1-2/h1-2,5-10,15-16H,3-4,11-14H2,(H-,29,30,31,32,33,34);5H,3-4H2,1-2H3;1-2H3/p-1. The van der Waals surface area contributed by atoms with Gasteiger partial charge in [0.15, 0.2) is 6.54 Å². The van der Waals surface area contributed by atoms with Crippen molar-refractivity contribution in [2.75, 3.05) is 36.0 Å². The van der Waals surface area contributed by atoms with Crippen molar-refractivity contribution in [2.24, 2.45) is 0 Å². The molecule has 0 atom stereocenters. The first-order valence-corrected chi connectivity index (χ1v) is 20.0. The third-order valence-corrected chi connectivity index (χ3v) is 10.6. The van der Waals surface area contributed by atoms with Gasteiger partial charge in [0.25, 0.3) is 5.01 Å². The second-order valence-corrected chi connectivity index (χ2v) is 15.4. The molecule has 1 aliphatic rings. The third-order valence-electron chi connectivity index (χ3n) is 6.61. The van der Waals surface area contributed by atoms with E-state index in [1.54, 1.807) is 17.4 Å². The summed E-state index contributed by atoms with van der Waals surface area (Å²) in [6.45, 7) is 11.0. The summed E-state index contributed by atoms with van der Waals surface area (Å²) in [5.41, 5.74) is 1.78. The minimum atomic E-state index is -4.35. The fraction of sp³-hybridized carbons (Fsp3) is 0.387. The molecular weight excluding hydrogens is 674 g/mol. The van der Waals surface area contributed by atoms with Crippen LogP contribution in [0.1, 0.15) is 45.5 Å². The summed E-state index contributed by atoms with van der Waals surface area (Å²) in [4.78, 5) is 2.90. The lowest BCUT2D eigenvalue weighted by molar-refractivity contribution is -0.667. The van der Waals surface area contributed by atoms with E-state index in [0.717, 1.165) is 54.7 Å². The molecule has 0 radical (unpaired) electrons. The highest BCUT2D eigenvalue weighted by Crippen LogP contribution is 2.48. The van der Waals surface area contributed by atoms with Gasteiger partial charge in [0.2, 0.25) is 5.52 Å². The third kappa shape index (κ3) is 10.6. The van der Waals surface area contributed by atoms with Crippen LogP contribution >= 0.6 is 34.7 Å². The maximum atomic E-state index is 11.3. The minimum Gasteiger partial charge on any atom is -0.748 e. The molecule has 0 fully saturated rings. The van der Waals surface area contributed by atoms with E-state index in [4.69, 9.17) is 11.6 Å². The number of thiazole rings is 1. The Kier molecular flexibility index (Phi) is 14.1. The normalized spacial score (nSPS) is 13.8. The van der Waals surface area contributed by atoms with Crippen LogP contribution in [0.5, 0.6) is 0 Å². The summed E-state index contributed by atoms with van der Waals surface area (Å²) >= 11 is 9.30. The lowest BCUT2D eigenvalue weighted by Gasteiger charge is -2.20. The number of rotatable bonds is 11. The molecule has 14 heteroatoms. The Bertz CT molecular complexity index is 1840. The van der Waals surface area contributed by atoms with Crippen LogP contribution < -0.4 is 14.8 Å². The van der Waals surface area contributed by atoms with Crippen molar-refractivity contribution in [3.05, 3.63) is 69.7 Å². The van der Waals surface area contributed by atoms with E-state index >= 15 is 0 Å². The number of halogens is 1. The summed E-state index contributed by atoms with van der Waals surface area (Å²) in [5, 5.41) is 7.38. The summed E-state index contributed by atoms with van der Waals surface area (Å²) in [6.07, 6.45) is 2.29. The average molecular weight is 713 g/mol. The summed E-state index contributed by atoms with van der Waals surface area (Å²) in [7, 11) is -8.71. The van der Waals surface area contributed by atoms with Gasteiger partial charge < -0.3 is 19.3 Å². The van der Waals surface area contributed by atoms with Gasteiger partial charge in [-0.15, -0.1) is 0 Å². The maximum Gasteiger partial charge on any atom is 0.265 e. The molecular formula is C31H39ClN3O6S4-. The lowest BCUT2D eigenvalue weighted by atomic mass is 10.1. The van der Waals surface area contributed by atoms with Gasteiger partial charge in [-0.3, -0.25) is 0 Å². The van der Waals surface area contributed by atoms with Gasteiger partial charge in [-0.2, -0.15) is 4.57 Å². The monoisotopic (exact) mass is 712 g/mol. The number of benzene rings is 3. The maximum absolute atomic E-state index is 11.3. The number of aromatic nitrogens is 1. The molecule has 45 heavy (non-hydrogen) atoms. The second-order valence-electron chi connectivity index (χ2n) is 9.76. The predicted octanol–water partition coefficient (Wildman–Crippen LogP) is 6.42. The minimum absolute atomic E-state index is 0.147. The van der Waals surface area contributed by atoms with Gasteiger partial charge in [0, 0.05) is 34.4 Å². The largest absolute Gasteiger partial charge is 0.748 e. The Morgan fingerprint density at radius 2 is 1.60 bits per heavy atom. The molecule has 3 aromatic carbocycles. The van der Waals surface area contributed by atoms with Crippen LogP contribution in [0.25, 0.3) is 27.1 Å². The highest BCUT2D eigenvalue weighted by atomic mass is 35.5. The Balaban J connectivity index is 0.000000719. The SMILES string of the molecule is CC.CCNCC.O=S(=O)([O-])CCCN1C(=Cc2sc3ccc4ccccc4c3[n+]2CCCS(=O)(=O)[O-])Sc2ccc(Cl)cc21. The van der Waals surface area contributed by atoms with Gasteiger partial charge in [0.1, 0.15) is 4.70 Å². The number of hydrogen-bond acceptors (Lipinski definition) is 10. The lowest BCUT2D eigenvalue weighted by Crippen LogP contribution is -2.36. The van der Waals surface area contributed by atoms with Gasteiger partial charge in [0.05, 0.1) is 42.4 Å². The van der Waals surface area contributed by atoms with Crippen LogP contribution in [0.4, 0.5) is 5.69 Å². The smallest absolute Gasteiger partial charge is 0.265 e. The highest BCUT2D eigenvalue weighted by molar-refractivity contribution is 8.04. The van der Waals surface area contributed by atoms with Gasteiger partial charge in [-0.25, -0.2) is 16.8 Å². The van der Waals surface area contributed by atoms with Gasteiger partial charge in [-0.1, -0.05) is 86.7 Å². The van der Waals surface area contributed by atoms with Crippen molar-refractivity contribution in [3.63, 3.8) is 0 Å². The van der Waals surface area contributed by atoms with E-state index in [1.807, 2.05) is 77.9 Å². The Morgan fingerprint density at radius 3 is 2.24 bits per heavy atom. The highest BCUT2D eigenvalue weighted by Gasteiger charge is 2.29. The second kappa shape index (κ2) is 17.1. The summed E-state index contributed by atoms with van der Waals surface area (Å²) in [5.74, 6) is -0.942. The van der Waals surface area contributed by atoms with Gasteiger partial charge in [-0.05, 0) is 55.2 Å². The van der Waals surface area contributed by atoms with E-state index in [0.29, 0.717) is 18.1 Å². The zero-order chi connectivity index (χ0) is 33.2. The van der Waals surface area contributed by atoms with E-state index in [2.05, 4.69) is 19.2 Å². The average Bonchev–Trinajstić information content (AvgIpc) is 3.51. The summed E-state index contributed by atoms with van der Waals surface area (Å²) in [6, 6.07) is 17.5. The van der Waals surface area contributed by atoms with Crippen LogP contribution in [-0.2, 0) is 26.8 Å². The molecule has 5 rings (SSSR count). The molecule has 9 nitrogen and oxygen atoms in total. The van der Waals surface area contributed by atoms with E-state index < -0.39 is 31.7 Å². The molecule has 0 aliphatic carbocycles. The molecule has 0 unspecified atom stereocenters. The van der Waals surface area contributed by atoms with Gasteiger partial charge >= 0.3 is 0 Å². The molecule has 0 bridgehead atoms. The molecule has 4 aromatic rings. The quantitative estimate of drug-likeness (QED) is 0.138. The molecule has 0 amide bonds. The van der Waals surface area contributed by atoms with E-state index in [9.17, 15) is 25.9 Å². The first-order chi connectivity index (χ1) is 21.4.